The van der Waals surface area contributed by atoms with Gasteiger partial charge in [0, 0.05) is 24.9 Å². The molecule has 0 atom stereocenters. The van der Waals surface area contributed by atoms with Gasteiger partial charge in [0.25, 0.3) is 0 Å². The molecule has 1 aliphatic carbocycles. The summed E-state index contributed by atoms with van der Waals surface area (Å²) in [5.41, 5.74) is 1.41. The van der Waals surface area contributed by atoms with Crippen LogP contribution in [-0.2, 0) is 6.18 Å². The third-order valence-corrected chi connectivity index (χ3v) is 4.96. The molecule has 1 fully saturated rings. The van der Waals surface area contributed by atoms with Gasteiger partial charge in [-0.15, -0.1) is 0 Å². The lowest BCUT2D eigenvalue weighted by molar-refractivity contribution is -0.137. The smallest absolute Gasteiger partial charge is 0.421 e. The zero-order chi connectivity index (χ0) is 20.6. The summed E-state index contributed by atoms with van der Waals surface area (Å²) >= 11 is 0. The van der Waals surface area contributed by atoms with Crippen LogP contribution in [0.5, 0.6) is 0 Å². The second-order valence-corrected chi connectivity index (χ2v) is 6.95. The maximum atomic E-state index is 13.1. The van der Waals surface area contributed by atoms with Crippen LogP contribution in [0.2, 0.25) is 0 Å². The molecule has 11 heteroatoms. The van der Waals surface area contributed by atoms with Crippen LogP contribution in [-0.4, -0.2) is 31.3 Å². The van der Waals surface area contributed by atoms with Crippen LogP contribution in [0.3, 0.4) is 0 Å². The van der Waals surface area contributed by atoms with Crippen LogP contribution in [0.25, 0.3) is 0 Å². The summed E-state index contributed by atoms with van der Waals surface area (Å²) in [7, 11) is 0. The summed E-state index contributed by atoms with van der Waals surface area (Å²) in [5.74, 6) is 0.170. The number of anilines is 3. The molecule has 1 saturated carbocycles. The number of hydrogen-bond acceptors (Lipinski definition) is 7. The molecule has 2 N–H and O–H groups in total. The Hall–Kier alpha value is -3.11. The maximum Gasteiger partial charge on any atom is 0.421 e. The summed E-state index contributed by atoms with van der Waals surface area (Å²) in [5, 5.41) is 10.1. The summed E-state index contributed by atoms with van der Waals surface area (Å²) in [4.78, 5) is 12.0. The van der Waals surface area contributed by atoms with Gasteiger partial charge in [0.15, 0.2) is 6.39 Å². The molecule has 154 valence electrons. The average Bonchev–Trinajstić information content (AvgIpc) is 3.24. The first-order chi connectivity index (χ1) is 13.8. The predicted octanol–water partition coefficient (Wildman–Crippen LogP) is 4.28. The predicted molar refractivity (Wildman–Crippen MR) is 99.0 cm³/mol. The molecule has 3 aromatic rings. The van der Waals surface area contributed by atoms with Crippen molar-refractivity contribution in [2.45, 2.75) is 44.8 Å². The minimum Gasteiger partial charge on any atom is -0.451 e. The second kappa shape index (κ2) is 7.37. The van der Waals surface area contributed by atoms with E-state index in [4.69, 9.17) is 4.42 Å². The number of hydrogen-bond donors (Lipinski definition) is 2. The normalized spacial score (nSPS) is 19.1. The third kappa shape index (κ3) is 3.89. The SMILES string of the molecule is CCNc1nc(Nc2cn(C3CC(c4cocn4)C3)nc2C)ncc1C(F)(F)F. The van der Waals surface area contributed by atoms with Crippen LogP contribution in [0.15, 0.2) is 29.5 Å². The largest absolute Gasteiger partial charge is 0.451 e. The highest BCUT2D eigenvalue weighted by Gasteiger charge is 2.36. The zero-order valence-corrected chi connectivity index (χ0v) is 15.9. The monoisotopic (exact) mass is 407 g/mol. The van der Waals surface area contributed by atoms with Gasteiger partial charge in [0.05, 0.1) is 23.1 Å². The van der Waals surface area contributed by atoms with Crippen molar-refractivity contribution in [2.24, 2.45) is 0 Å². The van der Waals surface area contributed by atoms with Crippen molar-refractivity contribution in [3.8, 4) is 0 Å². The number of rotatable bonds is 6. The quantitative estimate of drug-likeness (QED) is 0.630. The molecule has 0 spiro atoms. The summed E-state index contributed by atoms with van der Waals surface area (Å²) in [6.45, 7) is 3.83. The van der Waals surface area contributed by atoms with E-state index >= 15 is 0 Å². The number of aryl methyl sites for hydroxylation is 1. The van der Waals surface area contributed by atoms with Gasteiger partial charge in [-0.25, -0.2) is 9.97 Å². The summed E-state index contributed by atoms with van der Waals surface area (Å²) in [6.07, 6.45) is 2.96. The number of nitrogens with one attached hydrogen (secondary N) is 2. The van der Waals surface area contributed by atoms with Gasteiger partial charge in [-0.05, 0) is 26.7 Å². The van der Waals surface area contributed by atoms with Crippen LogP contribution >= 0.6 is 0 Å². The first kappa shape index (κ1) is 19.2. The van der Waals surface area contributed by atoms with Gasteiger partial charge < -0.3 is 15.1 Å². The van der Waals surface area contributed by atoms with E-state index in [-0.39, 0.29) is 17.8 Å². The molecule has 0 saturated heterocycles. The van der Waals surface area contributed by atoms with Gasteiger partial charge >= 0.3 is 6.18 Å². The Morgan fingerprint density at radius 3 is 2.72 bits per heavy atom. The van der Waals surface area contributed by atoms with Crippen molar-refractivity contribution in [3.63, 3.8) is 0 Å². The fraction of sp³-hybridized carbons (Fsp3) is 0.444. The number of alkyl halides is 3. The average molecular weight is 407 g/mol. The van der Waals surface area contributed by atoms with Crippen LogP contribution in [0.4, 0.5) is 30.6 Å². The first-order valence-electron chi connectivity index (χ1n) is 9.24. The van der Waals surface area contributed by atoms with Crippen molar-refractivity contribution < 1.29 is 17.6 Å². The minimum absolute atomic E-state index is 0.0747. The molecule has 4 rings (SSSR count). The van der Waals surface area contributed by atoms with E-state index in [1.54, 1.807) is 13.2 Å². The van der Waals surface area contributed by atoms with Gasteiger partial charge in [-0.1, -0.05) is 0 Å². The number of halogens is 3. The van der Waals surface area contributed by atoms with Crippen LogP contribution < -0.4 is 10.6 Å². The summed E-state index contributed by atoms with van der Waals surface area (Å²) in [6, 6.07) is 0.233. The van der Waals surface area contributed by atoms with E-state index in [0.717, 1.165) is 24.7 Å². The Bertz CT molecular complexity index is 978. The summed E-state index contributed by atoms with van der Waals surface area (Å²) < 4.78 is 46.2. The van der Waals surface area contributed by atoms with Gasteiger partial charge in [-0.3, -0.25) is 4.68 Å². The number of oxazole rings is 1. The number of aromatic nitrogens is 5. The fourth-order valence-corrected chi connectivity index (χ4v) is 3.33. The fourth-order valence-electron chi connectivity index (χ4n) is 3.33. The number of nitrogens with zero attached hydrogens (tertiary/aromatic N) is 5. The van der Waals surface area contributed by atoms with Crippen molar-refractivity contribution >= 4 is 17.5 Å². The molecule has 0 amide bonds. The third-order valence-electron chi connectivity index (χ3n) is 4.96. The van der Waals surface area contributed by atoms with E-state index in [0.29, 0.717) is 23.8 Å². The molecule has 0 aliphatic heterocycles. The van der Waals surface area contributed by atoms with E-state index in [1.165, 1.54) is 6.39 Å². The molecule has 0 bridgehead atoms. The minimum atomic E-state index is -4.53. The molecule has 0 unspecified atom stereocenters. The molecular formula is C18H20F3N7O. The highest BCUT2D eigenvalue weighted by molar-refractivity contribution is 5.58. The highest BCUT2D eigenvalue weighted by Crippen LogP contribution is 2.44. The van der Waals surface area contributed by atoms with Crippen LogP contribution in [0.1, 0.15) is 48.7 Å². The zero-order valence-electron chi connectivity index (χ0n) is 15.9. The molecule has 3 aromatic heterocycles. The van der Waals surface area contributed by atoms with Gasteiger partial charge in [0.2, 0.25) is 5.95 Å². The Balaban J connectivity index is 1.48. The standard InChI is InChI=1S/C18H20F3N7O/c1-3-22-16-13(18(19,20)21)6-23-17(26-16)25-14-7-28(27-10(14)2)12-4-11(5-12)15-8-29-9-24-15/h6-9,11-12H,3-5H2,1-2H3,(H2,22,23,25,26). The van der Waals surface area contributed by atoms with E-state index in [9.17, 15) is 13.2 Å². The lowest BCUT2D eigenvalue weighted by atomic mass is 9.78. The van der Waals surface area contributed by atoms with Crippen molar-refractivity contribution in [1.82, 2.24) is 24.7 Å². The molecule has 3 heterocycles. The lowest BCUT2D eigenvalue weighted by Gasteiger charge is -2.34. The van der Waals surface area contributed by atoms with Crippen LogP contribution in [0, 0.1) is 6.92 Å². The Morgan fingerprint density at radius 2 is 2.07 bits per heavy atom. The van der Waals surface area contributed by atoms with Gasteiger partial charge in [-0.2, -0.15) is 23.3 Å². The van der Waals surface area contributed by atoms with E-state index in [2.05, 4.69) is 30.7 Å². The maximum absolute atomic E-state index is 13.1. The molecule has 8 nitrogen and oxygen atoms in total. The molecule has 0 aromatic carbocycles. The Morgan fingerprint density at radius 1 is 1.28 bits per heavy atom. The first-order valence-corrected chi connectivity index (χ1v) is 9.24. The highest BCUT2D eigenvalue weighted by atomic mass is 19.4. The van der Waals surface area contributed by atoms with Crippen molar-refractivity contribution in [1.29, 1.82) is 0 Å². The Labute approximate surface area is 164 Å². The molecular weight excluding hydrogens is 387 g/mol. The van der Waals surface area contributed by atoms with Gasteiger partial charge in [0.1, 0.15) is 17.6 Å². The van der Waals surface area contributed by atoms with Crippen molar-refractivity contribution in [2.75, 3.05) is 17.2 Å². The van der Waals surface area contributed by atoms with E-state index in [1.807, 2.05) is 17.8 Å². The van der Waals surface area contributed by atoms with Crippen molar-refractivity contribution in [3.05, 3.63) is 42.0 Å². The molecule has 1 aliphatic rings. The molecule has 0 radical (unpaired) electrons. The van der Waals surface area contributed by atoms with E-state index < -0.39 is 11.7 Å². The Kier molecular flexibility index (Phi) is 4.89. The lowest BCUT2D eigenvalue weighted by Crippen LogP contribution is -2.25. The molecule has 29 heavy (non-hydrogen) atoms. The second-order valence-electron chi connectivity index (χ2n) is 6.95. The topological polar surface area (TPSA) is 93.7 Å².